The molecule has 1 aliphatic heterocycles. The van der Waals surface area contributed by atoms with Gasteiger partial charge in [-0.25, -0.2) is 13.4 Å². The Labute approximate surface area is 219 Å². The smallest absolute Gasteiger partial charge is 0.261 e. The van der Waals surface area contributed by atoms with E-state index in [1.54, 1.807) is 60.5 Å². The molecule has 1 saturated heterocycles. The van der Waals surface area contributed by atoms with Gasteiger partial charge in [-0.15, -0.1) is 0 Å². The predicted molar refractivity (Wildman–Crippen MR) is 145 cm³/mol. The average molecular weight is 538 g/mol. The van der Waals surface area contributed by atoms with Crippen LogP contribution in [0.4, 0.5) is 10.8 Å². The zero-order chi connectivity index (χ0) is 26.0. The summed E-state index contributed by atoms with van der Waals surface area (Å²) in [6, 6.07) is 18.7. The summed E-state index contributed by atoms with van der Waals surface area (Å²) in [7, 11) is -2.14. The summed E-state index contributed by atoms with van der Waals surface area (Å²) in [5.74, 6) is 0.472. The molecule has 1 aromatic heterocycles. The van der Waals surface area contributed by atoms with Gasteiger partial charge >= 0.3 is 0 Å². The molecule has 0 saturated carbocycles. The van der Waals surface area contributed by atoms with Gasteiger partial charge in [-0.2, -0.15) is 0 Å². The molecule has 0 radical (unpaired) electrons. The molecule has 0 spiro atoms. The number of anilines is 2. The highest BCUT2D eigenvalue weighted by Gasteiger charge is 2.27. The number of aryl methyl sites for hydroxylation is 1. The van der Waals surface area contributed by atoms with E-state index in [4.69, 9.17) is 14.5 Å². The molecule has 5 rings (SSSR count). The van der Waals surface area contributed by atoms with E-state index in [0.717, 1.165) is 28.6 Å². The van der Waals surface area contributed by atoms with Crippen LogP contribution in [0.15, 0.2) is 71.6 Å². The fourth-order valence-corrected chi connectivity index (χ4v) is 6.16. The highest BCUT2D eigenvalue weighted by Crippen LogP contribution is 2.33. The van der Waals surface area contributed by atoms with E-state index in [1.165, 1.54) is 11.3 Å². The highest BCUT2D eigenvalue weighted by atomic mass is 32.2. The van der Waals surface area contributed by atoms with Crippen molar-refractivity contribution < 1.29 is 22.7 Å². The predicted octanol–water partition coefficient (Wildman–Crippen LogP) is 5.24. The Morgan fingerprint density at radius 2 is 1.89 bits per heavy atom. The van der Waals surface area contributed by atoms with Crippen LogP contribution in [0.25, 0.3) is 10.2 Å². The molecule has 0 bridgehead atoms. The van der Waals surface area contributed by atoms with Gasteiger partial charge in [-0.3, -0.25) is 14.4 Å². The summed E-state index contributed by atoms with van der Waals surface area (Å²) >= 11 is 1.43. The van der Waals surface area contributed by atoms with Crippen molar-refractivity contribution in [3.8, 4) is 5.75 Å². The first-order valence-corrected chi connectivity index (χ1v) is 14.2. The number of carbonyl (C=O) groups is 1. The minimum absolute atomic E-state index is 0.0638. The molecule has 1 atom stereocenters. The van der Waals surface area contributed by atoms with Crippen molar-refractivity contribution in [2.75, 3.05) is 29.9 Å². The summed E-state index contributed by atoms with van der Waals surface area (Å²) in [6.07, 6.45) is 1.77. The number of sulfonamides is 1. The van der Waals surface area contributed by atoms with Crippen LogP contribution in [-0.2, 0) is 14.8 Å². The number of benzene rings is 3. The van der Waals surface area contributed by atoms with Gasteiger partial charge in [0.1, 0.15) is 5.75 Å². The third-order valence-electron chi connectivity index (χ3n) is 6.19. The number of aromatic nitrogens is 1. The molecule has 1 N–H and O–H groups in total. The number of amides is 1. The number of hydrogen-bond donors (Lipinski definition) is 1. The normalized spacial score (nSPS) is 15.6. The molecule has 192 valence electrons. The quantitative estimate of drug-likeness (QED) is 0.330. The second-order valence-electron chi connectivity index (χ2n) is 8.88. The van der Waals surface area contributed by atoms with Crippen LogP contribution in [0, 0.1) is 6.92 Å². The summed E-state index contributed by atoms with van der Waals surface area (Å²) in [5.41, 5.74) is 2.52. The Morgan fingerprint density at radius 3 is 2.57 bits per heavy atom. The highest BCUT2D eigenvalue weighted by molar-refractivity contribution is 7.92. The van der Waals surface area contributed by atoms with Crippen molar-refractivity contribution >= 4 is 48.3 Å². The van der Waals surface area contributed by atoms with Crippen LogP contribution in [0.2, 0.25) is 0 Å². The van der Waals surface area contributed by atoms with Crippen LogP contribution >= 0.6 is 11.3 Å². The van der Waals surface area contributed by atoms with Gasteiger partial charge < -0.3 is 9.47 Å². The first kappa shape index (κ1) is 25.2. The van der Waals surface area contributed by atoms with Crippen molar-refractivity contribution in [2.45, 2.75) is 30.8 Å². The Kier molecular flexibility index (Phi) is 7.14. The minimum atomic E-state index is -3.74. The molecule has 37 heavy (non-hydrogen) atoms. The lowest BCUT2D eigenvalue weighted by molar-refractivity contribution is 0.0917. The lowest BCUT2D eigenvalue weighted by atomic mass is 10.1. The summed E-state index contributed by atoms with van der Waals surface area (Å²) in [4.78, 5) is 20.2. The SMILES string of the molecule is COc1ccc2sc(N(CC3CCCO3)C(=O)c3ccc(NS(=O)(=O)c4ccc(C)cc4)cc3)nc2c1. The fourth-order valence-electron chi connectivity index (χ4n) is 4.15. The number of methoxy groups -OCH3 is 1. The van der Waals surface area contributed by atoms with Gasteiger partial charge in [0.2, 0.25) is 0 Å². The Balaban J connectivity index is 1.39. The maximum absolute atomic E-state index is 13.7. The zero-order valence-electron chi connectivity index (χ0n) is 20.5. The first-order chi connectivity index (χ1) is 17.8. The number of nitrogens with zero attached hydrogens (tertiary/aromatic N) is 2. The molecule has 3 aromatic carbocycles. The maximum Gasteiger partial charge on any atom is 0.261 e. The van der Waals surface area contributed by atoms with Crippen molar-refractivity contribution in [2.24, 2.45) is 0 Å². The molecule has 4 aromatic rings. The van der Waals surface area contributed by atoms with Crippen molar-refractivity contribution in [3.63, 3.8) is 0 Å². The second-order valence-corrected chi connectivity index (χ2v) is 11.6. The maximum atomic E-state index is 13.7. The van der Waals surface area contributed by atoms with E-state index >= 15 is 0 Å². The van der Waals surface area contributed by atoms with Crippen molar-refractivity contribution in [3.05, 3.63) is 77.9 Å². The Morgan fingerprint density at radius 1 is 1.14 bits per heavy atom. The van der Waals surface area contributed by atoms with Crippen LogP contribution in [0.5, 0.6) is 5.75 Å². The van der Waals surface area contributed by atoms with Gasteiger partial charge in [0.05, 0.1) is 34.9 Å². The van der Waals surface area contributed by atoms with E-state index in [1.807, 2.05) is 25.1 Å². The molecule has 2 heterocycles. The van der Waals surface area contributed by atoms with Gasteiger partial charge in [-0.1, -0.05) is 29.0 Å². The number of rotatable bonds is 8. The largest absolute Gasteiger partial charge is 0.497 e. The molecule has 10 heteroatoms. The van der Waals surface area contributed by atoms with E-state index in [0.29, 0.717) is 35.3 Å². The number of ether oxygens (including phenoxy) is 2. The fraction of sp³-hybridized carbons (Fsp3) is 0.259. The Bertz CT molecular complexity index is 1510. The lowest BCUT2D eigenvalue weighted by Crippen LogP contribution is -2.37. The monoisotopic (exact) mass is 537 g/mol. The van der Waals surface area contributed by atoms with Gasteiger partial charge in [0.25, 0.3) is 15.9 Å². The Hall–Kier alpha value is -3.47. The van der Waals surface area contributed by atoms with Crippen LogP contribution < -0.4 is 14.4 Å². The second kappa shape index (κ2) is 10.5. The van der Waals surface area contributed by atoms with E-state index in [9.17, 15) is 13.2 Å². The zero-order valence-corrected chi connectivity index (χ0v) is 22.1. The molecular weight excluding hydrogens is 510 g/mol. The van der Waals surface area contributed by atoms with E-state index < -0.39 is 10.0 Å². The van der Waals surface area contributed by atoms with Crippen molar-refractivity contribution in [1.82, 2.24) is 4.98 Å². The molecule has 1 amide bonds. The third-order valence-corrected chi connectivity index (χ3v) is 8.64. The number of fused-ring (bicyclic) bond motifs is 1. The molecule has 0 aliphatic carbocycles. The minimum Gasteiger partial charge on any atom is -0.497 e. The summed E-state index contributed by atoms with van der Waals surface area (Å²) in [5, 5.41) is 0.577. The molecule has 1 aliphatic rings. The number of carbonyl (C=O) groups excluding carboxylic acids is 1. The number of nitrogens with one attached hydrogen (secondary N) is 1. The standard InChI is InChI=1S/C27H27N3O5S2/c1-18-5-12-23(13-6-18)37(32,33)29-20-9-7-19(8-10-20)26(31)30(17-22-4-3-15-35-22)27-28-24-16-21(34-2)11-14-25(24)36-27/h5-14,16,22,29H,3-4,15,17H2,1-2H3. The summed E-state index contributed by atoms with van der Waals surface area (Å²) in [6.45, 7) is 2.96. The summed E-state index contributed by atoms with van der Waals surface area (Å²) < 4.78 is 40.1. The topological polar surface area (TPSA) is 97.8 Å². The van der Waals surface area contributed by atoms with E-state index in [-0.39, 0.29) is 16.9 Å². The average Bonchev–Trinajstić information content (AvgIpc) is 3.56. The van der Waals surface area contributed by atoms with E-state index in [2.05, 4.69) is 4.72 Å². The first-order valence-electron chi connectivity index (χ1n) is 11.9. The molecule has 8 nitrogen and oxygen atoms in total. The molecular formula is C27H27N3O5S2. The molecule has 1 fully saturated rings. The number of thiazole rings is 1. The van der Waals surface area contributed by atoms with Crippen LogP contribution in [-0.4, -0.2) is 45.7 Å². The van der Waals surface area contributed by atoms with Crippen LogP contribution in [0.1, 0.15) is 28.8 Å². The number of hydrogen-bond acceptors (Lipinski definition) is 7. The van der Waals surface area contributed by atoms with Gasteiger partial charge in [0.15, 0.2) is 5.13 Å². The molecule has 1 unspecified atom stereocenters. The van der Waals surface area contributed by atoms with Crippen LogP contribution in [0.3, 0.4) is 0 Å². The van der Waals surface area contributed by atoms with Gasteiger partial charge in [-0.05, 0) is 68.3 Å². The van der Waals surface area contributed by atoms with Gasteiger partial charge in [0, 0.05) is 23.9 Å². The van der Waals surface area contributed by atoms with Crippen molar-refractivity contribution in [1.29, 1.82) is 0 Å². The lowest BCUT2D eigenvalue weighted by Gasteiger charge is -2.23. The third kappa shape index (κ3) is 5.61.